The maximum atomic E-state index is 12.6. The second-order valence-corrected chi connectivity index (χ2v) is 6.49. The molecule has 1 aromatic heterocycles. The maximum Gasteiger partial charge on any atom is 0.387 e. The van der Waals surface area contributed by atoms with Crippen LogP contribution in [0.2, 0.25) is 0 Å². The number of nitrogens with two attached hydrogens (primary N) is 2. The molecule has 27 heavy (non-hydrogen) atoms. The molecule has 0 unspecified atom stereocenters. The van der Waals surface area contributed by atoms with Crippen molar-refractivity contribution in [3.63, 3.8) is 0 Å². The van der Waals surface area contributed by atoms with Gasteiger partial charge in [-0.15, -0.1) is 0 Å². The van der Waals surface area contributed by atoms with Crippen molar-refractivity contribution in [3.05, 3.63) is 47.7 Å². The van der Waals surface area contributed by atoms with Gasteiger partial charge < -0.3 is 21.6 Å². The molecule has 0 bridgehead atoms. The summed E-state index contributed by atoms with van der Waals surface area (Å²) in [5, 5.41) is 8.99. The number of nitrogens with zero attached hydrogens (tertiary/aromatic N) is 1. The Kier molecular flexibility index (Phi) is 4.94. The first-order valence-electron chi connectivity index (χ1n) is 8.40. The Hall–Kier alpha value is -3.22. The third kappa shape index (κ3) is 3.53. The Morgan fingerprint density at radius 1 is 1.11 bits per heavy atom. The van der Waals surface area contributed by atoms with Gasteiger partial charge in [-0.25, -0.2) is 4.98 Å². The molecule has 0 atom stereocenters. The van der Waals surface area contributed by atoms with Crippen molar-refractivity contribution in [2.24, 2.45) is 0 Å². The molecule has 1 heterocycles. The van der Waals surface area contributed by atoms with Gasteiger partial charge in [0, 0.05) is 28.4 Å². The summed E-state index contributed by atoms with van der Waals surface area (Å²) in [7, 11) is 0. The van der Waals surface area contributed by atoms with E-state index in [1.165, 1.54) is 12.3 Å². The summed E-state index contributed by atoms with van der Waals surface area (Å²) in [5.41, 5.74) is 15.3. The number of benzene rings is 2. The lowest BCUT2D eigenvalue weighted by Crippen LogP contribution is -2.05. The second-order valence-electron chi connectivity index (χ2n) is 6.49. The van der Waals surface area contributed by atoms with Crippen molar-refractivity contribution >= 4 is 28.5 Å². The lowest BCUT2D eigenvalue weighted by Gasteiger charge is -2.18. The number of alkyl halides is 2. The third-order valence-corrected chi connectivity index (χ3v) is 4.32. The molecule has 0 spiro atoms. The van der Waals surface area contributed by atoms with Crippen LogP contribution in [0, 0.1) is 5.41 Å². The molecule has 0 saturated carbocycles. The molecule has 0 saturated heterocycles. The fourth-order valence-electron chi connectivity index (χ4n) is 3.11. The first-order chi connectivity index (χ1) is 12.8. The van der Waals surface area contributed by atoms with Gasteiger partial charge in [0.15, 0.2) is 0 Å². The summed E-state index contributed by atoms with van der Waals surface area (Å²) in [4.78, 5) is 4.54. The molecule has 3 aromatic rings. The van der Waals surface area contributed by atoms with Crippen LogP contribution in [0.3, 0.4) is 0 Å². The molecular formula is C20H20F2N4O. The Bertz CT molecular complexity index is 1020. The van der Waals surface area contributed by atoms with Crippen molar-refractivity contribution < 1.29 is 13.5 Å². The molecule has 140 valence electrons. The molecule has 0 aliphatic carbocycles. The highest BCUT2D eigenvalue weighted by Gasteiger charge is 2.19. The summed E-state index contributed by atoms with van der Waals surface area (Å²) in [5.74, 6) is 0.429. The summed E-state index contributed by atoms with van der Waals surface area (Å²) >= 11 is 0. The molecule has 0 radical (unpaired) electrons. The number of ether oxygens (including phenoxy) is 1. The summed E-state index contributed by atoms with van der Waals surface area (Å²) in [6.07, 6.45) is 1.17. The van der Waals surface area contributed by atoms with Gasteiger partial charge in [0.25, 0.3) is 0 Å². The zero-order valence-electron chi connectivity index (χ0n) is 15.0. The molecule has 0 aliphatic rings. The van der Waals surface area contributed by atoms with Gasteiger partial charge in [-0.1, -0.05) is 26.0 Å². The third-order valence-electron chi connectivity index (χ3n) is 4.32. The van der Waals surface area contributed by atoms with Crippen molar-refractivity contribution in [1.29, 1.82) is 5.41 Å². The smallest absolute Gasteiger partial charge is 0.387 e. The first kappa shape index (κ1) is 18.6. The minimum absolute atomic E-state index is 0.0346. The van der Waals surface area contributed by atoms with Gasteiger partial charge in [0.1, 0.15) is 11.6 Å². The molecule has 0 amide bonds. The number of nitrogen functional groups attached to an aromatic ring is 2. The molecule has 5 N–H and O–H groups in total. The summed E-state index contributed by atoms with van der Waals surface area (Å²) in [6.45, 7) is 1.05. The van der Waals surface area contributed by atoms with Gasteiger partial charge in [-0.2, -0.15) is 8.78 Å². The van der Waals surface area contributed by atoms with Crippen LogP contribution in [0.25, 0.3) is 21.9 Å². The SMILES string of the molecule is CC(C)c1nc(N)c2cc(N)c(C=N)cc2c1-c1cccc(OC(F)F)c1. The normalized spacial score (nSPS) is 11.3. The van der Waals surface area contributed by atoms with Crippen LogP contribution in [-0.4, -0.2) is 17.8 Å². The number of aromatic nitrogens is 1. The number of pyridine rings is 1. The molecule has 2 aromatic carbocycles. The Morgan fingerprint density at radius 2 is 1.85 bits per heavy atom. The van der Waals surface area contributed by atoms with E-state index in [-0.39, 0.29) is 11.7 Å². The Labute approximate surface area is 155 Å². The van der Waals surface area contributed by atoms with Crippen molar-refractivity contribution in [2.75, 3.05) is 11.5 Å². The fraction of sp³-hybridized carbons (Fsp3) is 0.200. The molecule has 5 nitrogen and oxygen atoms in total. The van der Waals surface area contributed by atoms with Crippen molar-refractivity contribution in [1.82, 2.24) is 4.98 Å². The molecular weight excluding hydrogens is 350 g/mol. The van der Waals surface area contributed by atoms with Gasteiger partial charge in [-0.3, -0.25) is 0 Å². The predicted octanol–water partition coefficient (Wildman–Crippen LogP) is 4.79. The number of halogens is 2. The van der Waals surface area contributed by atoms with E-state index in [0.29, 0.717) is 28.0 Å². The highest BCUT2D eigenvalue weighted by Crippen LogP contribution is 2.39. The van der Waals surface area contributed by atoms with Crippen LogP contribution in [0.4, 0.5) is 20.3 Å². The van der Waals surface area contributed by atoms with Gasteiger partial charge in [-0.05, 0) is 41.1 Å². The van der Waals surface area contributed by atoms with Crippen LogP contribution >= 0.6 is 0 Å². The molecule has 0 fully saturated rings. The predicted molar refractivity (Wildman–Crippen MR) is 105 cm³/mol. The van der Waals surface area contributed by atoms with Crippen LogP contribution in [-0.2, 0) is 0 Å². The Balaban J connectivity index is 2.37. The summed E-state index contributed by atoms with van der Waals surface area (Å²) in [6, 6.07) is 9.93. The number of hydrogen-bond acceptors (Lipinski definition) is 5. The second kappa shape index (κ2) is 7.19. The largest absolute Gasteiger partial charge is 0.435 e. The van der Waals surface area contributed by atoms with Crippen LogP contribution in [0.5, 0.6) is 5.75 Å². The average Bonchev–Trinajstić information content (AvgIpc) is 2.61. The van der Waals surface area contributed by atoms with E-state index >= 15 is 0 Å². The topological polar surface area (TPSA) is 98.0 Å². The first-order valence-corrected chi connectivity index (χ1v) is 8.40. The molecule has 3 rings (SSSR count). The number of hydrogen-bond donors (Lipinski definition) is 3. The zero-order chi connectivity index (χ0) is 19.7. The number of fused-ring (bicyclic) bond motifs is 1. The average molecular weight is 370 g/mol. The number of anilines is 2. The lowest BCUT2D eigenvalue weighted by atomic mass is 9.91. The minimum atomic E-state index is -2.91. The number of nitrogens with one attached hydrogen (secondary N) is 1. The van der Waals surface area contributed by atoms with Crippen LogP contribution < -0.4 is 16.2 Å². The molecule has 0 aliphatic heterocycles. The highest BCUT2D eigenvalue weighted by atomic mass is 19.3. The van der Waals surface area contributed by atoms with Gasteiger partial charge in [0.2, 0.25) is 0 Å². The van der Waals surface area contributed by atoms with Crippen LogP contribution in [0.15, 0.2) is 36.4 Å². The van der Waals surface area contributed by atoms with E-state index in [1.807, 2.05) is 13.8 Å². The van der Waals surface area contributed by atoms with E-state index in [2.05, 4.69) is 9.72 Å². The summed E-state index contributed by atoms with van der Waals surface area (Å²) < 4.78 is 29.8. The van der Waals surface area contributed by atoms with Gasteiger partial charge in [0.05, 0.1) is 5.69 Å². The van der Waals surface area contributed by atoms with E-state index in [4.69, 9.17) is 16.9 Å². The Morgan fingerprint density at radius 3 is 2.48 bits per heavy atom. The zero-order valence-corrected chi connectivity index (χ0v) is 15.0. The van der Waals surface area contributed by atoms with E-state index in [9.17, 15) is 8.78 Å². The highest BCUT2D eigenvalue weighted by molar-refractivity contribution is 6.07. The quantitative estimate of drug-likeness (QED) is 0.444. The van der Waals surface area contributed by atoms with E-state index < -0.39 is 6.61 Å². The maximum absolute atomic E-state index is 12.6. The fourth-order valence-corrected chi connectivity index (χ4v) is 3.11. The van der Waals surface area contributed by atoms with Crippen molar-refractivity contribution in [3.8, 4) is 16.9 Å². The van der Waals surface area contributed by atoms with E-state index in [1.54, 1.807) is 30.3 Å². The monoisotopic (exact) mass is 370 g/mol. The standard InChI is InChI=1S/C20H20F2N4O/c1-10(2)18-17(11-4-3-5-13(6-11)27-20(21)22)14-7-12(9-23)16(24)8-15(14)19(25)26-18/h3-10,20,23H,24H2,1-2H3,(H2,25,26). The van der Waals surface area contributed by atoms with Crippen molar-refractivity contribution in [2.45, 2.75) is 26.4 Å². The van der Waals surface area contributed by atoms with Crippen LogP contribution in [0.1, 0.15) is 31.0 Å². The lowest BCUT2D eigenvalue weighted by molar-refractivity contribution is -0.0498. The van der Waals surface area contributed by atoms with E-state index in [0.717, 1.165) is 16.6 Å². The number of rotatable bonds is 5. The molecule has 7 heteroatoms. The van der Waals surface area contributed by atoms with Gasteiger partial charge >= 0.3 is 6.61 Å². The minimum Gasteiger partial charge on any atom is -0.435 e.